The highest BCUT2D eigenvalue weighted by Crippen LogP contribution is 2.43. The molecule has 1 aliphatic heterocycles. The smallest absolute Gasteiger partial charge is 0.235 e. The molecule has 6 nitrogen and oxygen atoms in total. The fraction of sp³-hybridized carbons (Fsp3) is 0.167. The van der Waals surface area contributed by atoms with Gasteiger partial charge < -0.3 is 10.4 Å². The summed E-state index contributed by atoms with van der Waals surface area (Å²) >= 11 is 1.55. The van der Waals surface area contributed by atoms with Crippen molar-refractivity contribution >= 4 is 23.5 Å². The Bertz CT molecular complexity index is 922. The minimum atomic E-state index is -0.0652. The van der Waals surface area contributed by atoms with Crippen molar-refractivity contribution in [3.63, 3.8) is 0 Å². The van der Waals surface area contributed by atoms with Gasteiger partial charge in [0.05, 0.1) is 16.7 Å². The monoisotopic (exact) mass is 352 g/mol. The van der Waals surface area contributed by atoms with Gasteiger partial charge in [-0.2, -0.15) is 9.78 Å². The van der Waals surface area contributed by atoms with Crippen LogP contribution in [0.4, 0.5) is 5.82 Å². The molecule has 25 heavy (non-hydrogen) atoms. The van der Waals surface area contributed by atoms with Gasteiger partial charge in [-0.3, -0.25) is 4.79 Å². The number of phenolic OH excluding ortho intramolecular Hbond substituents is 1. The third-order valence-corrected chi connectivity index (χ3v) is 5.34. The lowest BCUT2D eigenvalue weighted by molar-refractivity contribution is -0.113. The van der Waals surface area contributed by atoms with Crippen molar-refractivity contribution in [2.24, 2.45) is 0 Å². The van der Waals surface area contributed by atoms with E-state index in [1.807, 2.05) is 37.3 Å². The predicted molar refractivity (Wildman–Crippen MR) is 97.1 cm³/mol. The summed E-state index contributed by atoms with van der Waals surface area (Å²) in [7, 11) is 0. The zero-order valence-electron chi connectivity index (χ0n) is 13.5. The number of anilines is 1. The first-order valence-electron chi connectivity index (χ1n) is 7.85. The number of aromatic nitrogens is 3. The topological polar surface area (TPSA) is 80.0 Å². The van der Waals surface area contributed by atoms with Crippen LogP contribution >= 0.6 is 11.8 Å². The molecule has 126 valence electrons. The molecule has 2 N–H and O–H groups in total. The van der Waals surface area contributed by atoms with Crippen molar-refractivity contribution in [3.8, 4) is 11.6 Å². The molecule has 1 aromatic carbocycles. The SMILES string of the molecule is Cc1nn(-c2ccccn2)c2c1C(c1ccc(O)cc1)SCC(=O)N2. The molecule has 0 aliphatic carbocycles. The predicted octanol–water partition coefficient (Wildman–Crippen LogP) is 3.06. The lowest BCUT2D eigenvalue weighted by atomic mass is 10.0. The molecule has 0 radical (unpaired) electrons. The third kappa shape index (κ3) is 2.87. The summed E-state index contributed by atoms with van der Waals surface area (Å²) in [5.41, 5.74) is 2.82. The van der Waals surface area contributed by atoms with Crippen LogP contribution in [0.15, 0.2) is 48.7 Å². The Morgan fingerprint density at radius 1 is 1.24 bits per heavy atom. The Morgan fingerprint density at radius 3 is 2.76 bits per heavy atom. The summed E-state index contributed by atoms with van der Waals surface area (Å²) in [5, 5.41) is 17.1. The molecule has 0 saturated heterocycles. The van der Waals surface area contributed by atoms with Crippen LogP contribution in [0.25, 0.3) is 5.82 Å². The van der Waals surface area contributed by atoms with Crippen LogP contribution in [0.2, 0.25) is 0 Å². The number of rotatable bonds is 2. The standard InChI is InChI=1S/C18H16N4O2S/c1-11-16-17(12-5-7-13(23)8-6-12)25-10-15(24)20-18(16)22(21-11)14-4-2-3-9-19-14/h2-9,17,23H,10H2,1H3,(H,20,24). The van der Waals surface area contributed by atoms with Gasteiger partial charge in [-0.05, 0) is 36.8 Å². The van der Waals surface area contributed by atoms with Crippen molar-refractivity contribution in [2.45, 2.75) is 12.2 Å². The van der Waals surface area contributed by atoms with Gasteiger partial charge in [0, 0.05) is 11.8 Å². The largest absolute Gasteiger partial charge is 0.508 e. The van der Waals surface area contributed by atoms with E-state index in [0.717, 1.165) is 16.8 Å². The van der Waals surface area contributed by atoms with E-state index >= 15 is 0 Å². The van der Waals surface area contributed by atoms with E-state index in [2.05, 4.69) is 15.4 Å². The first-order valence-corrected chi connectivity index (χ1v) is 8.89. The van der Waals surface area contributed by atoms with E-state index in [-0.39, 0.29) is 16.9 Å². The number of aryl methyl sites for hydroxylation is 1. The van der Waals surface area contributed by atoms with E-state index < -0.39 is 0 Å². The Labute approximate surface area is 148 Å². The number of carbonyl (C=O) groups is 1. The molecule has 0 fully saturated rings. The maximum absolute atomic E-state index is 12.2. The molecule has 3 heterocycles. The zero-order chi connectivity index (χ0) is 17.4. The van der Waals surface area contributed by atoms with Crippen LogP contribution in [0.3, 0.4) is 0 Å². The number of fused-ring (bicyclic) bond motifs is 1. The first kappa shape index (κ1) is 15.7. The average molecular weight is 352 g/mol. The van der Waals surface area contributed by atoms with E-state index in [1.54, 1.807) is 34.8 Å². The highest BCUT2D eigenvalue weighted by Gasteiger charge is 2.30. The number of nitrogens with one attached hydrogen (secondary N) is 1. The molecule has 0 bridgehead atoms. The van der Waals surface area contributed by atoms with Gasteiger partial charge >= 0.3 is 0 Å². The number of aromatic hydroxyl groups is 1. The second kappa shape index (κ2) is 6.25. The maximum atomic E-state index is 12.2. The van der Waals surface area contributed by atoms with Gasteiger partial charge in [-0.15, -0.1) is 11.8 Å². The van der Waals surface area contributed by atoms with Crippen molar-refractivity contribution in [2.75, 3.05) is 11.1 Å². The summed E-state index contributed by atoms with van der Waals surface area (Å²) in [6.45, 7) is 1.93. The number of phenols is 1. The number of nitrogens with zero attached hydrogens (tertiary/aromatic N) is 3. The Morgan fingerprint density at radius 2 is 2.04 bits per heavy atom. The lowest BCUT2D eigenvalue weighted by Crippen LogP contribution is -2.16. The van der Waals surface area contributed by atoms with E-state index in [1.165, 1.54) is 0 Å². The van der Waals surface area contributed by atoms with Crippen molar-refractivity contribution in [1.29, 1.82) is 0 Å². The molecule has 3 aromatic rings. The zero-order valence-corrected chi connectivity index (χ0v) is 14.3. The molecule has 2 aromatic heterocycles. The molecule has 7 heteroatoms. The van der Waals surface area contributed by atoms with Crippen LogP contribution in [0.1, 0.15) is 22.1 Å². The van der Waals surface area contributed by atoms with E-state index in [9.17, 15) is 9.90 Å². The van der Waals surface area contributed by atoms with Crippen LogP contribution in [-0.4, -0.2) is 31.5 Å². The number of amides is 1. The molecule has 1 unspecified atom stereocenters. The molecule has 0 spiro atoms. The lowest BCUT2D eigenvalue weighted by Gasteiger charge is -2.15. The van der Waals surface area contributed by atoms with Gasteiger partial charge in [-0.25, -0.2) is 4.98 Å². The summed E-state index contributed by atoms with van der Waals surface area (Å²) in [6.07, 6.45) is 1.70. The van der Waals surface area contributed by atoms with Gasteiger partial charge in [0.25, 0.3) is 0 Å². The number of hydrogen-bond acceptors (Lipinski definition) is 5. The Hall–Kier alpha value is -2.80. The van der Waals surface area contributed by atoms with Crippen LogP contribution in [0.5, 0.6) is 5.75 Å². The van der Waals surface area contributed by atoms with E-state index in [0.29, 0.717) is 17.4 Å². The van der Waals surface area contributed by atoms with Crippen molar-refractivity contribution < 1.29 is 9.90 Å². The quantitative estimate of drug-likeness (QED) is 0.741. The number of pyridine rings is 1. The van der Waals surface area contributed by atoms with Crippen molar-refractivity contribution in [3.05, 3.63) is 65.5 Å². The number of thioether (sulfide) groups is 1. The number of benzene rings is 1. The van der Waals surface area contributed by atoms with Crippen LogP contribution in [0, 0.1) is 6.92 Å². The Balaban J connectivity index is 1.88. The maximum Gasteiger partial charge on any atom is 0.235 e. The third-order valence-electron chi connectivity index (χ3n) is 4.07. The second-order valence-electron chi connectivity index (χ2n) is 5.78. The summed E-state index contributed by atoms with van der Waals surface area (Å²) in [6, 6.07) is 12.7. The molecular formula is C18H16N4O2S. The minimum Gasteiger partial charge on any atom is -0.508 e. The highest BCUT2D eigenvalue weighted by atomic mass is 32.2. The number of hydrogen-bond donors (Lipinski definition) is 2. The average Bonchev–Trinajstić information content (AvgIpc) is 2.83. The minimum absolute atomic E-state index is 0.0491. The Kier molecular flexibility index (Phi) is 3.93. The highest BCUT2D eigenvalue weighted by molar-refractivity contribution is 8.00. The molecular weight excluding hydrogens is 336 g/mol. The molecule has 1 aliphatic rings. The van der Waals surface area contributed by atoms with Gasteiger partial charge in [0.15, 0.2) is 5.82 Å². The van der Waals surface area contributed by atoms with Gasteiger partial charge in [-0.1, -0.05) is 18.2 Å². The molecule has 1 amide bonds. The van der Waals surface area contributed by atoms with Crippen LogP contribution < -0.4 is 5.32 Å². The summed E-state index contributed by atoms with van der Waals surface area (Å²) in [5.74, 6) is 1.82. The normalized spacial score (nSPS) is 16.8. The molecule has 1 atom stereocenters. The van der Waals surface area contributed by atoms with Crippen LogP contribution in [-0.2, 0) is 4.79 Å². The number of carbonyl (C=O) groups excluding carboxylic acids is 1. The summed E-state index contributed by atoms with van der Waals surface area (Å²) in [4.78, 5) is 16.6. The van der Waals surface area contributed by atoms with Gasteiger partial charge in [0.1, 0.15) is 11.6 Å². The van der Waals surface area contributed by atoms with Gasteiger partial charge in [0.2, 0.25) is 5.91 Å². The first-order chi connectivity index (χ1) is 12.1. The van der Waals surface area contributed by atoms with Crippen molar-refractivity contribution in [1.82, 2.24) is 14.8 Å². The fourth-order valence-electron chi connectivity index (χ4n) is 2.94. The second-order valence-corrected chi connectivity index (χ2v) is 6.87. The van der Waals surface area contributed by atoms with E-state index in [4.69, 9.17) is 0 Å². The fourth-order valence-corrected chi connectivity index (χ4v) is 4.13. The molecule has 0 saturated carbocycles. The summed E-state index contributed by atoms with van der Waals surface area (Å²) < 4.78 is 1.68. The molecule has 4 rings (SSSR count).